The Morgan fingerprint density at radius 2 is 2.11 bits per heavy atom. The van der Waals surface area contributed by atoms with Crippen LogP contribution in [0.5, 0.6) is 0 Å². The van der Waals surface area contributed by atoms with Gasteiger partial charge in [-0.15, -0.1) is 0 Å². The molecule has 8 heteroatoms. The minimum absolute atomic E-state index is 0.0431. The molecule has 108 valence electrons. The Bertz CT molecular complexity index is 353. The standard InChI is InChI=1S/C11H18N2O6/c1-13(6-7-3-2-4-19-7)11(18)12-8(10(16)17)5-9(14)15/h7-8H,2-6H2,1H3,(H,12,18)(H,14,15)(H,16,17)/t7?,8-/m0/s1. The van der Waals surface area contributed by atoms with Crippen LogP contribution in [0.4, 0.5) is 4.79 Å². The van der Waals surface area contributed by atoms with Gasteiger partial charge < -0.3 is 25.2 Å². The van der Waals surface area contributed by atoms with Crippen molar-refractivity contribution in [1.29, 1.82) is 0 Å². The average Bonchev–Trinajstić information content (AvgIpc) is 2.79. The van der Waals surface area contributed by atoms with Gasteiger partial charge in [-0.05, 0) is 12.8 Å². The zero-order valence-electron chi connectivity index (χ0n) is 10.7. The molecule has 3 N–H and O–H groups in total. The number of carboxylic acids is 2. The summed E-state index contributed by atoms with van der Waals surface area (Å²) < 4.78 is 5.36. The molecule has 0 aliphatic carbocycles. The summed E-state index contributed by atoms with van der Waals surface area (Å²) in [5.41, 5.74) is 0. The van der Waals surface area contributed by atoms with Gasteiger partial charge in [-0.3, -0.25) is 4.79 Å². The maximum atomic E-state index is 11.7. The fraction of sp³-hybridized carbons (Fsp3) is 0.727. The van der Waals surface area contributed by atoms with Gasteiger partial charge in [0.2, 0.25) is 0 Å². The molecule has 1 rings (SSSR count). The molecule has 8 nitrogen and oxygen atoms in total. The summed E-state index contributed by atoms with van der Waals surface area (Å²) in [7, 11) is 1.51. The van der Waals surface area contributed by atoms with Crippen molar-refractivity contribution >= 4 is 18.0 Å². The number of aliphatic carboxylic acids is 2. The van der Waals surface area contributed by atoms with Crippen LogP contribution in [0.25, 0.3) is 0 Å². The predicted octanol–water partition coefficient (Wildman–Crippen LogP) is -0.265. The Morgan fingerprint density at radius 1 is 1.42 bits per heavy atom. The van der Waals surface area contributed by atoms with Crippen molar-refractivity contribution in [1.82, 2.24) is 10.2 Å². The number of hydrogen-bond acceptors (Lipinski definition) is 4. The Kier molecular flexibility index (Phi) is 5.56. The fourth-order valence-corrected chi connectivity index (χ4v) is 1.81. The number of rotatable bonds is 6. The Labute approximate surface area is 110 Å². The zero-order chi connectivity index (χ0) is 14.4. The Morgan fingerprint density at radius 3 is 2.58 bits per heavy atom. The number of carbonyl (C=O) groups is 3. The number of carboxylic acid groups (broad SMARTS) is 2. The van der Waals surface area contributed by atoms with Gasteiger partial charge in [0.1, 0.15) is 6.04 Å². The number of urea groups is 1. The summed E-state index contributed by atoms with van der Waals surface area (Å²) in [6, 6.07) is -2.05. The van der Waals surface area contributed by atoms with E-state index in [2.05, 4.69) is 5.32 Å². The quantitative estimate of drug-likeness (QED) is 0.614. The third-order valence-corrected chi connectivity index (χ3v) is 2.82. The SMILES string of the molecule is CN(CC1CCCO1)C(=O)N[C@@H](CC(=O)O)C(=O)O. The molecule has 0 spiro atoms. The minimum atomic E-state index is -1.43. The molecule has 0 bridgehead atoms. The van der Waals surface area contributed by atoms with E-state index >= 15 is 0 Å². The van der Waals surface area contributed by atoms with Crippen molar-refractivity contribution in [3.8, 4) is 0 Å². The van der Waals surface area contributed by atoms with Crippen molar-refractivity contribution in [3.05, 3.63) is 0 Å². The van der Waals surface area contributed by atoms with E-state index in [1.54, 1.807) is 0 Å². The molecule has 0 aromatic carbocycles. The van der Waals surface area contributed by atoms with E-state index in [1.807, 2.05) is 0 Å². The molecular formula is C11H18N2O6. The van der Waals surface area contributed by atoms with Gasteiger partial charge in [0, 0.05) is 20.2 Å². The average molecular weight is 274 g/mol. The topological polar surface area (TPSA) is 116 Å². The molecule has 19 heavy (non-hydrogen) atoms. The third kappa shape index (κ3) is 5.12. The highest BCUT2D eigenvalue weighted by Crippen LogP contribution is 2.12. The van der Waals surface area contributed by atoms with Gasteiger partial charge in [0.05, 0.1) is 12.5 Å². The minimum Gasteiger partial charge on any atom is -0.481 e. The van der Waals surface area contributed by atoms with E-state index in [0.717, 1.165) is 12.8 Å². The van der Waals surface area contributed by atoms with Crippen molar-refractivity contribution < 1.29 is 29.3 Å². The van der Waals surface area contributed by atoms with E-state index < -0.39 is 30.4 Å². The first kappa shape index (κ1) is 15.2. The molecule has 1 aliphatic rings. The molecule has 0 saturated carbocycles. The molecule has 2 amide bonds. The molecule has 1 heterocycles. The van der Waals surface area contributed by atoms with Crippen LogP contribution in [0.2, 0.25) is 0 Å². The zero-order valence-corrected chi connectivity index (χ0v) is 10.7. The van der Waals surface area contributed by atoms with Gasteiger partial charge in [-0.25, -0.2) is 9.59 Å². The van der Waals surface area contributed by atoms with E-state index in [9.17, 15) is 14.4 Å². The number of ether oxygens (including phenoxy) is 1. The van der Waals surface area contributed by atoms with Crippen LogP contribution in [0.1, 0.15) is 19.3 Å². The smallest absolute Gasteiger partial charge is 0.326 e. The summed E-state index contributed by atoms with van der Waals surface area (Å²) >= 11 is 0. The molecular weight excluding hydrogens is 256 g/mol. The van der Waals surface area contributed by atoms with E-state index in [-0.39, 0.29) is 6.10 Å². The van der Waals surface area contributed by atoms with Crippen LogP contribution in [0, 0.1) is 0 Å². The van der Waals surface area contributed by atoms with E-state index in [0.29, 0.717) is 13.2 Å². The monoisotopic (exact) mass is 274 g/mol. The number of hydrogen-bond donors (Lipinski definition) is 3. The summed E-state index contributed by atoms with van der Waals surface area (Å²) in [4.78, 5) is 34.3. The van der Waals surface area contributed by atoms with Gasteiger partial charge in [-0.2, -0.15) is 0 Å². The second-order valence-electron chi connectivity index (χ2n) is 4.45. The lowest BCUT2D eigenvalue weighted by molar-refractivity contribution is -0.145. The van der Waals surface area contributed by atoms with E-state index in [4.69, 9.17) is 14.9 Å². The normalized spacial score (nSPS) is 19.7. The first-order valence-electron chi connectivity index (χ1n) is 5.98. The molecule has 0 aromatic rings. The van der Waals surface area contributed by atoms with Crippen LogP contribution in [-0.2, 0) is 14.3 Å². The van der Waals surface area contributed by atoms with Crippen LogP contribution in [0.3, 0.4) is 0 Å². The maximum Gasteiger partial charge on any atom is 0.326 e. The van der Waals surface area contributed by atoms with Crippen LogP contribution >= 0.6 is 0 Å². The molecule has 0 aromatic heterocycles. The first-order valence-corrected chi connectivity index (χ1v) is 5.98. The second kappa shape index (κ2) is 6.93. The van der Waals surface area contributed by atoms with Crippen LogP contribution in [-0.4, -0.2) is 65.4 Å². The van der Waals surface area contributed by atoms with Crippen LogP contribution < -0.4 is 5.32 Å². The Balaban J connectivity index is 2.45. The first-order chi connectivity index (χ1) is 8.90. The summed E-state index contributed by atoms with van der Waals surface area (Å²) in [5, 5.41) is 19.6. The highest BCUT2D eigenvalue weighted by atomic mass is 16.5. The third-order valence-electron chi connectivity index (χ3n) is 2.82. The molecule has 0 radical (unpaired) electrons. The molecule has 1 unspecified atom stereocenters. The molecule has 1 fully saturated rings. The lowest BCUT2D eigenvalue weighted by atomic mass is 10.2. The predicted molar refractivity (Wildman–Crippen MR) is 63.8 cm³/mol. The van der Waals surface area contributed by atoms with Gasteiger partial charge in [0.25, 0.3) is 0 Å². The van der Waals surface area contributed by atoms with Crippen molar-refractivity contribution in [3.63, 3.8) is 0 Å². The number of amides is 2. The van der Waals surface area contributed by atoms with Gasteiger partial charge in [-0.1, -0.05) is 0 Å². The maximum absolute atomic E-state index is 11.7. The number of likely N-dealkylation sites (N-methyl/N-ethyl adjacent to an activating group) is 1. The number of carbonyl (C=O) groups excluding carboxylic acids is 1. The molecule has 2 atom stereocenters. The largest absolute Gasteiger partial charge is 0.481 e. The highest BCUT2D eigenvalue weighted by Gasteiger charge is 2.26. The lowest BCUT2D eigenvalue weighted by Crippen LogP contribution is -2.49. The second-order valence-corrected chi connectivity index (χ2v) is 4.45. The van der Waals surface area contributed by atoms with Crippen molar-refractivity contribution in [2.45, 2.75) is 31.4 Å². The van der Waals surface area contributed by atoms with Crippen LogP contribution in [0.15, 0.2) is 0 Å². The summed E-state index contributed by atoms with van der Waals surface area (Å²) in [5.74, 6) is -2.66. The lowest BCUT2D eigenvalue weighted by Gasteiger charge is -2.23. The molecule has 1 aliphatic heterocycles. The van der Waals surface area contributed by atoms with Crippen molar-refractivity contribution in [2.24, 2.45) is 0 Å². The summed E-state index contributed by atoms with van der Waals surface area (Å²) in [6.45, 7) is 1.02. The fourth-order valence-electron chi connectivity index (χ4n) is 1.81. The van der Waals surface area contributed by atoms with Gasteiger partial charge in [0.15, 0.2) is 0 Å². The summed E-state index contributed by atoms with van der Waals surface area (Å²) in [6.07, 6.45) is 1.10. The Hall–Kier alpha value is -1.83. The van der Waals surface area contributed by atoms with E-state index in [1.165, 1.54) is 11.9 Å². The number of nitrogens with zero attached hydrogens (tertiary/aromatic N) is 1. The number of nitrogens with one attached hydrogen (secondary N) is 1. The van der Waals surface area contributed by atoms with Gasteiger partial charge >= 0.3 is 18.0 Å². The molecule has 1 saturated heterocycles. The van der Waals surface area contributed by atoms with Crippen molar-refractivity contribution in [2.75, 3.05) is 20.2 Å². The highest BCUT2D eigenvalue weighted by molar-refractivity contribution is 5.86.